The highest BCUT2D eigenvalue weighted by atomic mass is 16.5. The summed E-state index contributed by atoms with van der Waals surface area (Å²) in [5, 5.41) is 12.4. The van der Waals surface area contributed by atoms with Crippen molar-refractivity contribution in [2.24, 2.45) is 0 Å². The predicted octanol–water partition coefficient (Wildman–Crippen LogP) is 2.59. The predicted molar refractivity (Wildman–Crippen MR) is 87.0 cm³/mol. The van der Waals surface area contributed by atoms with Gasteiger partial charge < -0.3 is 15.2 Å². The molecule has 0 saturated carbocycles. The topological polar surface area (TPSA) is 75.6 Å². The fourth-order valence-corrected chi connectivity index (χ4v) is 3.66. The molecular formula is C19H17NO4. The van der Waals surface area contributed by atoms with Crippen molar-refractivity contribution >= 4 is 11.9 Å². The summed E-state index contributed by atoms with van der Waals surface area (Å²) in [6.45, 7) is 0.321. The normalized spacial score (nSPS) is 23.9. The Bertz CT molecular complexity index is 817. The number of aliphatic carboxylic acids is 1. The first-order valence-corrected chi connectivity index (χ1v) is 7.99. The van der Waals surface area contributed by atoms with Crippen molar-refractivity contribution in [2.75, 3.05) is 6.61 Å². The summed E-state index contributed by atoms with van der Waals surface area (Å²) in [6, 6.07) is 14.7. The molecule has 1 aliphatic carbocycles. The highest BCUT2D eigenvalue weighted by molar-refractivity contribution is 5.86. The van der Waals surface area contributed by atoms with Gasteiger partial charge in [0.25, 0.3) is 0 Å². The maximum absolute atomic E-state index is 12.7. The number of benzene rings is 2. The van der Waals surface area contributed by atoms with Gasteiger partial charge in [-0.2, -0.15) is 0 Å². The van der Waals surface area contributed by atoms with Crippen LogP contribution in [0.25, 0.3) is 0 Å². The standard InChI is InChI=1S/C19H17NO4/c21-18(15-10-24-17-8-4-3-7-13(15)17)20-16-9-14(19(22)23)11-5-1-2-6-12(11)16/h1-8,14-16H,9-10H2,(H,20,21)(H,22,23). The van der Waals surface area contributed by atoms with E-state index in [4.69, 9.17) is 4.74 Å². The number of hydrogen-bond donors (Lipinski definition) is 2. The molecule has 1 heterocycles. The molecule has 0 saturated heterocycles. The molecule has 5 heteroatoms. The largest absolute Gasteiger partial charge is 0.492 e. The lowest BCUT2D eigenvalue weighted by atomic mass is 9.99. The van der Waals surface area contributed by atoms with Gasteiger partial charge in [-0.05, 0) is 23.6 Å². The van der Waals surface area contributed by atoms with Crippen LogP contribution in [0.15, 0.2) is 48.5 Å². The van der Waals surface area contributed by atoms with Gasteiger partial charge in [0.05, 0.1) is 12.0 Å². The van der Waals surface area contributed by atoms with Crippen LogP contribution in [0.1, 0.15) is 41.0 Å². The fourth-order valence-electron chi connectivity index (χ4n) is 3.66. The Morgan fingerprint density at radius 1 is 0.958 bits per heavy atom. The van der Waals surface area contributed by atoms with E-state index in [2.05, 4.69) is 5.32 Å². The number of hydrogen-bond acceptors (Lipinski definition) is 3. The lowest BCUT2D eigenvalue weighted by Crippen LogP contribution is -2.33. The Balaban J connectivity index is 1.56. The Morgan fingerprint density at radius 3 is 2.38 bits per heavy atom. The maximum atomic E-state index is 12.7. The van der Waals surface area contributed by atoms with Crippen LogP contribution in [0, 0.1) is 0 Å². The summed E-state index contributed by atoms with van der Waals surface area (Å²) in [5.41, 5.74) is 2.57. The van der Waals surface area contributed by atoms with Crippen molar-refractivity contribution < 1.29 is 19.4 Å². The summed E-state index contributed by atoms with van der Waals surface area (Å²) in [5.74, 6) is -1.15. The number of fused-ring (bicyclic) bond motifs is 2. The van der Waals surface area contributed by atoms with E-state index in [1.165, 1.54) is 0 Å². The number of carboxylic acids is 1. The Kier molecular flexibility index (Phi) is 3.49. The van der Waals surface area contributed by atoms with Crippen LogP contribution in [-0.2, 0) is 9.59 Å². The number of amides is 1. The van der Waals surface area contributed by atoms with E-state index in [-0.39, 0.29) is 17.9 Å². The smallest absolute Gasteiger partial charge is 0.311 e. The molecular weight excluding hydrogens is 306 g/mol. The zero-order chi connectivity index (χ0) is 16.7. The minimum absolute atomic E-state index is 0.120. The van der Waals surface area contributed by atoms with Crippen molar-refractivity contribution in [1.29, 1.82) is 0 Å². The van der Waals surface area contributed by atoms with Crippen LogP contribution in [0.4, 0.5) is 0 Å². The van der Waals surface area contributed by atoms with Crippen LogP contribution in [-0.4, -0.2) is 23.6 Å². The second-order valence-electron chi connectivity index (χ2n) is 6.22. The van der Waals surface area contributed by atoms with Gasteiger partial charge in [-0.3, -0.25) is 9.59 Å². The molecule has 0 radical (unpaired) electrons. The van der Waals surface area contributed by atoms with Crippen molar-refractivity contribution in [1.82, 2.24) is 5.32 Å². The number of carbonyl (C=O) groups excluding carboxylic acids is 1. The van der Waals surface area contributed by atoms with Crippen molar-refractivity contribution in [3.63, 3.8) is 0 Å². The average molecular weight is 323 g/mol. The Morgan fingerprint density at radius 2 is 1.62 bits per heavy atom. The average Bonchev–Trinajstić information content (AvgIpc) is 3.17. The van der Waals surface area contributed by atoms with Crippen LogP contribution in [0.5, 0.6) is 5.75 Å². The van der Waals surface area contributed by atoms with Crippen LogP contribution in [0.3, 0.4) is 0 Å². The number of carboxylic acid groups (broad SMARTS) is 1. The second-order valence-corrected chi connectivity index (χ2v) is 6.22. The molecule has 2 aliphatic rings. The first-order chi connectivity index (χ1) is 11.6. The summed E-state index contributed by atoms with van der Waals surface area (Å²) < 4.78 is 5.57. The lowest BCUT2D eigenvalue weighted by Gasteiger charge is -2.17. The van der Waals surface area contributed by atoms with E-state index in [1.807, 2.05) is 48.5 Å². The van der Waals surface area contributed by atoms with E-state index in [9.17, 15) is 14.7 Å². The monoisotopic (exact) mass is 323 g/mol. The fraction of sp³-hybridized carbons (Fsp3) is 0.263. The minimum Gasteiger partial charge on any atom is -0.492 e. The molecule has 122 valence electrons. The molecule has 3 unspecified atom stereocenters. The maximum Gasteiger partial charge on any atom is 0.311 e. The van der Waals surface area contributed by atoms with E-state index in [0.717, 1.165) is 22.4 Å². The number of nitrogens with one attached hydrogen (secondary N) is 1. The lowest BCUT2D eigenvalue weighted by molar-refractivity contribution is -0.139. The summed E-state index contributed by atoms with van der Waals surface area (Å²) in [7, 11) is 0. The molecule has 24 heavy (non-hydrogen) atoms. The Labute approximate surface area is 139 Å². The number of para-hydroxylation sites is 1. The number of ether oxygens (including phenoxy) is 1. The third kappa shape index (κ3) is 2.33. The van der Waals surface area contributed by atoms with E-state index >= 15 is 0 Å². The second kappa shape index (κ2) is 5.67. The molecule has 2 N–H and O–H groups in total. The first kappa shape index (κ1) is 14.8. The quantitative estimate of drug-likeness (QED) is 0.910. The number of rotatable bonds is 3. The van der Waals surface area contributed by atoms with Gasteiger partial charge in [0, 0.05) is 5.56 Å². The van der Waals surface area contributed by atoms with Crippen LogP contribution >= 0.6 is 0 Å². The SMILES string of the molecule is O=C(NC1CC(C(=O)O)c2ccccc21)C1COc2ccccc21. The molecule has 0 spiro atoms. The van der Waals surface area contributed by atoms with Gasteiger partial charge in [0.2, 0.25) is 5.91 Å². The molecule has 2 aromatic rings. The summed E-state index contributed by atoms with van der Waals surface area (Å²) in [6.07, 6.45) is 0.385. The van der Waals surface area contributed by atoms with Gasteiger partial charge in [-0.15, -0.1) is 0 Å². The van der Waals surface area contributed by atoms with Gasteiger partial charge in [-0.25, -0.2) is 0 Å². The molecule has 0 bridgehead atoms. The molecule has 0 aromatic heterocycles. The molecule has 4 rings (SSSR count). The van der Waals surface area contributed by atoms with Gasteiger partial charge >= 0.3 is 5.97 Å². The molecule has 5 nitrogen and oxygen atoms in total. The Hall–Kier alpha value is -2.82. The zero-order valence-corrected chi connectivity index (χ0v) is 12.9. The summed E-state index contributed by atoms with van der Waals surface area (Å²) >= 11 is 0. The first-order valence-electron chi connectivity index (χ1n) is 7.99. The molecule has 1 amide bonds. The highest BCUT2D eigenvalue weighted by Gasteiger charge is 2.38. The number of carbonyl (C=O) groups is 2. The van der Waals surface area contributed by atoms with Gasteiger partial charge in [0.15, 0.2) is 0 Å². The van der Waals surface area contributed by atoms with Gasteiger partial charge in [-0.1, -0.05) is 42.5 Å². The van der Waals surface area contributed by atoms with Crippen molar-refractivity contribution in [3.05, 3.63) is 65.2 Å². The minimum atomic E-state index is -0.853. The van der Waals surface area contributed by atoms with Crippen molar-refractivity contribution in [3.8, 4) is 5.75 Å². The molecule has 3 atom stereocenters. The van der Waals surface area contributed by atoms with E-state index in [0.29, 0.717) is 13.0 Å². The summed E-state index contributed by atoms with van der Waals surface area (Å²) in [4.78, 5) is 24.2. The van der Waals surface area contributed by atoms with E-state index < -0.39 is 11.9 Å². The van der Waals surface area contributed by atoms with Crippen LogP contribution < -0.4 is 10.1 Å². The highest BCUT2D eigenvalue weighted by Crippen LogP contribution is 2.41. The molecule has 0 fully saturated rings. The zero-order valence-electron chi connectivity index (χ0n) is 12.9. The van der Waals surface area contributed by atoms with E-state index in [1.54, 1.807) is 0 Å². The third-order valence-corrected chi connectivity index (χ3v) is 4.85. The third-order valence-electron chi connectivity index (χ3n) is 4.85. The molecule has 1 aliphatic heterocycles. The van der Waals surface area contributed by atoms with Crippen molar-refractivity contribution in [2.45, 2.75) is 24.3 Å². The molecule has 2 aromatic carbocycles. The van der Waals surface area contributed by atoms with Crippen LogP contribution in [0.2, 0.25) is 0 Å². The van der Waals surface area contributed by atoms with Gasteiger partial charge in [0.1, 0.15) is 18.3 Å².